The topological polar surface area (TPSA) is 94.0 Å². The number of hydrogen-bond acceptors (Lipinski definition) is 6. The van der Waals surface area contributed by atoms with E-state index in [2.05, 4.69) is 15.3 Å². The molecule has 35 heavy (non-hydrogen) atoms. The van der Waals surface area contributed by atoms with Crippen molar-refractivity contribution in [3.05, 3.63) is 60.9 Å². The number of aromatic nitrogens is 4. The first kappa shape index (κ1) is 22.8. The van der Waals surface area contributed by atoms with Crippen LogP contribution in [0.1, 0.15) is 18.9 Å². The molecule has 1 aliphatic heterocycles. The van der Waals surface area contributed by atoms with Crippen LogP contribution in [0, 0.1) is 0 Å². The first-order chi connectivity index (χ1) is 16.9. The van der Waals surface area contributed by atoms with Gasteiger partial charge in [-0.2, -0.15) is 18.3 Å². The molecular formula is C24H21F3N6O2. The lowest BCUT2D eigenvalue weighted by Gasteiger charge is -2.23. The fraction of sp³-hybridized carbons (Fsp3) is 0.250. The van der Waals surface area contributed by atoms with Crippen molar-refractivity contribution in [3.8, 4) is 22.8 Å². The molecule has 1 amide bonds. The van der Waals surface area contributed by atoms with Crippen molar-refractivity contribution >= 4 is 22.8 Å². The summed E-state index contributed by atoms with van der Waals surface area (Å²) in [5.74, 6) is -1.10. The summed E-state index contributed by atoms with van der Waals surface area (Å²) < 4.78 is 46.5. The van der Waals surface area contributed by atoms with Crippen molar-refractivity contribution in [2.45, 2.75) is 25.1 Å². The van der Waals surface area contributed by atoms with Crippen molar-refractivity contribution in [1.82, 2.24) is 25.1 Å². The van der Waals surface area contributed by atoms with Crippen LogP contribution < -0.4 is 15.4 Å². The smallest absolute Gasteiger partial charge is 0.457 e. The number of benzene rings is 2. The van der Waals surface area contributed by atoms with Crippen molar-refractivity contribution in [2.75, 3.05) is 18.4 Å². The zero-order chi connectivity index (χ0) is 24.4. The summed E-state index contributed by atoms with van der Waals surface area (Å²) in [6, 6.07) is 16.2. The van der Waals surface area contributed by atoms with E-state index in [9.17, 15) is 18.0 Å². The number of anilines is 1. The predicted octanol–water partition coefficient (Wildman–Crippen LogP) is 4.71. The number of ether oxygens (including phenoxy) is 1. The van der Waals surface area contributed by atoms with E-state index in [1.54, 1.807) is 28.9 Å². The summed E-state index contributed by atoms with van der Waals surface area (Å²) >= 11 is 0. The van der Waals surface area contributed by atoms with Crippen LogP contribution in [0.25, 0.3) is 22.3 Å². The van der Waals surface area contributed by atoms with E-state index in [4.69, 9.17) is 9.84 Å². The van der Waals surface area contributed by atoms with E-state index in [0.717, 1.165) is 25.7 Å². The molecule has 1 saturated heterocycles. The van der Waals surface area contributed by atoms with Gasteiger partial charge in [0.1, 0.15) is 29.3 Å². The number of halogens is 3. The molecule has 2 aromatic carbocycles. The molecule has 5 rings (SSSR count). The highest BCUT2D eigenvalue weighted by atomic mass is 19.4. The summed E-state index contributed by atoms with van der Waals surface area (Å²) in [6.07, 6.45) is -2.17. The molecule has 180 valence electrons. The maximum absolute atomic E-state index is 13.0. The third kappa shape index (κ3) is 4.80. The second-order valence-electron chi connectivity index (χ2n) is 8.11. The zero-order valence-corrected chi connectivity index (χ0v) is 18.4. The highest BCUT2D eigenvalue weighted by Crippen LogP contribution is 2.35. The van der Waals surface area contributed by atoms with Gasteiger partial charge in [0.25, 0.3) is 0 Å². The Hall–Kier alpha value is -3.99. The summed E-state index contributed by atoms with van der Waals surface area (Å²) in [5, 5.41) is 10.2. The lowest BCUT2D eigenvalue weighted by molar-refractivity contribution is -0.167. The van der Waals surface area contributed by atoms with E-state index < -0.39 is 12.1 Å². The molecule has 0 unspecified atom stereocenters. The Kier molecular flexibility index (Phi) is 6.08. The Morgan fingerprint density at radius 2 is 1.80 bits per heavy atom. The standard InChI is InChI=1S/C24H21F3N6O2/c25-24(26,27)23(34)31-21-19-20(15-8-10-18(11-9-15)35-17-6-2-1-3-7-17)32-33(22(19)30-14-29-21)16-5-4-12-28-13-16/h1-3,6-11,14,16,28H,4-5,12-13H2,(H,29,30,31,34)/t16-/m1/s1. The second kappa shape index (κ2) is 9.34. The van der Waals surface area contributed by atoms with Gasteiger partial charge < -0.3 is 15.4 Å². The molecule has 1 fully saturated rings. The van der Waals surface area contributed by atoms with Gasteiger partial charge in [0.15, 0.2) is 5.65 Å². The molecule has 8 nitrogen and oxygen atoms in total. The summed E-state index contributed by atoms with van der Waals surface area (Å²) in [7, 11) is 0. The normalized spacial score (nSPS) is 16.3. The SMILES string of the molecule is O=C(Nc1ncnc2c1c(-c1ccc(Oc3ccccc3)cc1)nn2[C@@H]1CCCNC1)C(F)(F)F. The minimum atomic E-state index is -5.06. The van der Waals surface area contributed by atoms with Crippen molar-refractivity contribution in [3.63, 3.8) is 0 Å². The molecule has 1 aliphatic rings. The van der Waals surface area contributed by atoms with Crippen LogP contribution in [-0.4, -0.2) is 44.9 Å². The number of rotatable bonds is 5. The predicted molar refractivity (Wildman–Crippen MR) is 123 cm³/mol. The molecule has 2 N–H and O–H groups in total. The molecule has 0 aliphatic carbocycles. The van der Waals surface area contributed by atoms with Crippen LogP contribution in [0.5, 0.6) is 11.5 Å². The summed E-state index contributed by atoms with van der Waals surface area (Å²) in [5.41, 5.74) is 1.34. The van der Waals surface area contributed by atoms with Crippen molar-refractivity contribution < 1.29 is 22.7 Å². The number of amides is 1. The number of nitrogens with one attached hydrogen (secondary N) is 2. The van der Waals surface area contributed by atoms with Crippen LogP contribution in [0.15, 0.2) is 60.9 Å². The molecule has 0 saturated carbocycles. The Labute approximate surface area is 198 Å². The summed E-state index contributed by atoms with van der Waals surface area (Å²) in [4.78, 5) is 20.0. The number of para-hydroxylation sites is 1. The number of nitrogens with zero attached hydrogens (tertiary/aromatic N) is 4. The molecular weight excluding hydrogens is 461 g/mol. The molecule has 3 heterocycles. The van der Waals surface area contributed by atoms with Gasteiger partial charge in [-0.15, -0.1) is 0 Å². The van der Waals surface area contributed by atoms with E-state index >= 15 is 0 Å². The van der Waals surface area contributed by atoms with Gasteiger partial charge in [-0.05, 0) is 55.8 Å². The molecule has 1 atom stereocenters. The van der Waals surface area contributed by atoms with Gasteiger partial charge in [-0.25, -0.2) is 14.6 Å². The van der Waals surface area contributed by atoms with Gasteiger partial charge in [0, 0.05) is 12.1 Å². The first-order valence-corrected chi connectivity index (χ1v) is 11.1. The van der Waals surface area contributed by atoms with Gasteiger partial charge in [0.2, 0.25) is 0 Å². The number of carbonyl (C=O) groups is 1. The maximum atomic E-state index is 13.0. The van der Waals surface area contributed by atoms with Crippen LogP contribution in [0.2, 0.25) is 0 Å². The van der Waals surface area contributed by atoms with E-state index in [0.29, 0.717) is 34.9 Å². The van der Waals surface area contributed by atoms with Gasteiger partial charge in [-0.1, -0.05) is 18.2 Å². The average molecular weight is 482 g/mol. The zero-order valence-electron chi connectivity index (χ0n) is 18.4. The molecule has 2 aromatic heterocycles. The highest BCUT2D eigenvalue weighted by molar-refractivity contribution is 6.05. The van der Waals surface area contributed by atoms with Crippen LogP contribution >= 0.6 is 0 Å². The highest BCUT2D eigenvalue weighted by Gasteiger charge is 2.39. The average Bonchev–Trinajstić information content (AvgIpc) is 3.26. The van der Waals surface area contributed by atoms with Crippen molar-refractivity contribution in [2.24, 2.45) is 0 Å². The fourth-order valence-electron chi connectivity index (χ4n) is 4.05. The number of hydrogen-bond donors (Lipinski definition) is 2. The van der Waals surface area contributed by atoms with Gasteiger partial charge >= 0.3 is 12.1 Å². The molecule has 4 aromatic rings. The minimum absolute atomic E-state index is 0.0400. The maximum Gasteiger partial charge on any atom is 0.471 e. The monoisotopic (exact) mass is 482 g/mol. The first-order valence-electron chi connectivity index (χ1n) is 11.1. The lowest BCUT2D eigenvalue weighted by Crippen LogP contribution is -2.32. The Morgan fingerprint density at radius 1 is 1.06 bits per heavy atom. The van der Waals surface area contributed by atoms with Crippen LogP contribution in [-0.2, 0) is 4.79 Å². The molecule has 0 radical (unpaired) electrons. The second-order valence-corrected chi connectivity index (χ2v) is 8.11. The number of alkyl halides is 3. The minimum Gasteiger partial charge on any atom is -0.457 e. The Bertz CT molecular complexity index is 1330. The number of carbonyl (C=O) groups excluding carboxylic acids is 1. The van der Waals surface area contributed by atoms with Crippen molar-refractivity contribution in [1.29, 1.82) is 0 Å². The number of fused-ring (bicyclic) bond motifs is 1. The molecule has 11 heteroatoms. The van der Waals surface area contributed by atoms with Crippen LogP contribution in [0.4, 0.5) is 19.0 Å². The van der Waals surface area contributed by atoms with E-state index in [-0.39, 0.29) is 17.2 Å². The molecule has 0 spiro atoms. The largest absolute Gasteiger partial charge is 0.471 e. The Morgan fingerprint density at radius 3 is 2.49 bits per heavy atom. The summed E-state index contributed by atoms with van der Waals surface area (Å²) in [6.45, 7) is 1.53. The van der Waals surface area contributed by atoms with Gasteiger partial charge in [-0.3, -0.25) is 4.79 Å². The Balaban J connectivity index is 1.57. The number of piperidine rings is 1. The lowest BCUT2D eigenvalue weighted by atomic mass is 10.1. The van der Waals surface area contributed by atoms with E-state index in [1.807, 2.05) is 35.6 Å². The van der Waals surface area contributed by atoms with Gasteiger partial charge in [0.05, 0.1) is 11.4 Å². The third-order valence-electron chi connectivity index (χ3n) is 5.70. The molecule has 0 bridgehead atoms. The fourth-order valence-corrected chi connectivity index (χ4v) is 4.05. The third-order valence-corrected chi connectivity index (χ3v) is 5.70. The van der Waals surface area contributed by atoms with Crippen LogP contribution in [0.3, 0.4) is 0 Å². The quantitative estimate of drug-likeness (QED) is 0.428. The van der Waals surface area contributed by atoms with E-state index in [1.165, 1.54) is 0 Å².